The second-order valence-corrected chi connectivity index (χ2v) is 4.36. The second-order valence-electron chi connectivity index (χ2n) is 4.36. The summed E-state index contributed by atoms with van der Waals surface area (Å²) >= 11 is 0. The summed E-state index contributed by atoms with van der Waals surface area (Å²) in [5, 5.41) is 6.03. The largest absolute Gasteiger partial charge is 0.381 e. The zero-order valence-electron chi connectivity index (χ0n) is 10.1. The summed E-state index contributed by atoms with van der Waals surface area (Å²) in [6.07, 6.45) is 4.06. The van der Waals surface area contributed by atoms with E-state index in [1.54, 1.807) is 0 Å². The second kappa shape index (κ2) is 5.53. The van der Waals surface area contributed by atoms with E-state index >= 15 is 0 Å². The Morgan fingerprint density at radius 1 is 1.35 bits per heavy atom. The van der Waals surface area contributed by atoms with Gasteiger partial charge in [-0.15, -0.1) is 0 Å². The van der Waals surface area contributed by atoms with Gasteiger partial charge in [0.15, 0.2) is 0 Å². The summed E-state index contributed by atoms with van der Waals surface area (Å²) in [6.45, 7) is 3.53. The van der Waals surface area contributed by atoms with Gasteiger partial charge in [0, 0.05) is 13.1 Å². The number of hydrogen-bond acceptors (Lipinski definition) is 2. The summed E-state index contributed by atoms with van der Waals surface area (Å²) in [5.74, 6) is -0.00900. The number of benzene rings is 1. The lowest BCUT2D eigenvalue weighted by Gasteiger charge is -2.15. The van der Waals surface area contributed by atoms with Crippen molar-refractivity contribution in [3.05, 3.63) is 47.2 Å². The van der Waals surface area contributed by atoms with Crippen LogP contribution in [-0.2, 0) is 11.3 Å². The van der Waals surface area contributed by atoms with Gasteiger partial charge in [0.1, 0.15) is 0 Å². The van der Waals surface area contributed by atoms with Crippen molar-refractivity contribution >= 4 is 5.91 Å². The Hall–Kier alpha value is -1.77. The van der Waals surface area contributed by atoms with E-state index in [1.165, 1.54) is 5.56 Å². The summed E-state index contributed by atoms with van der Waals surface area (Å²) < 4.78 is 0. The summed E-state index contributed by atoms with van der Waals surface area (Å²) in [5.41, 5.74) is 3.07. The minimum absolute atomic E-state index is 0.00900. The summed E-state index contributed by atoms with van der Waals surface area (Å²) in [6, 6.07) is 8.19. The number of allylic oxidation sites excluding steroid dienone is 1. The molecule has 1 aliphatic rings. The predicted molar refractivity (Wildman–Crippen MR) is 68.3 cm³/mol. The first-order valence-electron chi connectivity index (χ1n) is 6.03. The maximum absolute atomic E-state index is 11.8. The SMILES string of the molecule is Cc1ccc(CNC(=O)C2=CCCCN2)cc1. The Morgan fingerprint density at radius 2 is 2.12 bits per heavy atom. The van der Waals surface area contributed by atoms with E-state index in [0.29, 0.717) is 12.2 Å². The molecule has 1 heterocycles. The monoisotopic (exact) mass is 230 g/mol. The molecule has 17 heavy (non-hydrogen) atoms. The van der Waals surface area contributed by atoms with Crippen molar-refractivity contribution < 1.29 is 4.79 Å². The zero-order chi connectivity index (χ0) is 12.1. The summed E-state index contributed by atoms with van der Waals surface area (Å²) in [4.78, 5) is 11.8. The molecule has 0 unspecified atom stereocenters. The van der Waals surface area contributed by atoms with Crippen LogP contribution >= 0.6 is 0 Å². The Labute approximate surface area is 102 Å². The molecule has 2 N–H and O–H groups in total. The van der Waals surface area contributed by atoms with Crippen LogP contribution in [-0.4, -0.2) is 12.5 Å². The van der Waals surface area contributed by atoms with Crippen molar-refractivity contribution in [2.24, 2.45) is 0 Å². The van der Waals surface area contributed by atoms with Crippen molar-refractivity contribution in [3.8, 4) is 0 Å². The number of carbonyl (C=O) groups excluding carboxylic acids is 1. The van der Waals surface area contributed by atoms with Crippen LogP contribution in [0.1, 0.15) is 24.0 Å². The molecule has 3 heteroatoms. The van der Waals surface area contributed by atoms with E-state index in [2.05, 4.69) is 29.7 Å². The Kier molecular flexibility index (Phi) is 3.81. The van der Waals surface area contributed by atoms with Gasteiger partial charge in [-0.1, -0.05) is 35.9 Å². The minimum Gasteiger partial charge on any atom is -0.381 e. The van der Waals surface area contributed by atoms with Gasteiger partial charge < -0.3 is 10.6 Å². The van der Waals surface area contributed by atoms with Gasteiger partial charge in [0.25, 0.3) is 5.91 Å². The molecular weight excluding hydrogens is 212 g/mol. The average Bonchev–Trinajstić information content (AvgIpc) is 2.39. The summed E-state index contributed by atoms with van der Waals surface area (Å²) in [7, 11) is 0. The number of nitrogens with one attached hydrogen (secondary N) is 2. The van der Waals surface area contributed by atoms with Crippen LogP contribution < -0.4 is 10.6 Å². The molecule has 3 nitrogen and oxygen atoms in total. The fourth-order valence-corrected chi connectivity index (χ4v) is 1.80. The van der Waals surface area contributed by atoms with E-state index in [0.717, 1.165) is 24.9 Å². The lowest BCUT2D eigenvalue weighted by atomic mass is 10.1. The topological polar surface area (TPSA) is 41.1 Å². The molecule has 1 aromatic carbocycles. The van der Waals surface area contributed by atoms with Gasteiger partial charge in [-0.2, -0.15) is 0 Å². The maximum Gasteiger partial charge on any atom is 0.267 e. The number of amides is 1. The Bertz CT molecular complexity index is 420. The number of rotatable bonds is 3. The third-order valence-electron chi connectivity index (χ3n) is 2.86. The van der Waals surface area contributed by atoms with Crippen LogP contribution in [0, 0.1) is 6.92 Å². The Balaban J connectivity index is 1.87. The van der Waals surface area contributed by atoms with Crippen LogP contribution in [0.3, 0.4) is 0 Å². The molecule has 1 amide bonds. The van der Waals surface area contributed by atoms with Crippen molar-refractivity contribution in [2.45, 2.75) is 26.3 Å². The Morgan fingerprint density at radius 3 is 2.76 bits per heavy atom. The van der Waals surface area contributed by atoms with E-state index in [9.17, 15) is 4.79 Å². The molecule has 0 atom stereocenters. The molecule has 0 bridgehead atoms. The van der Waals surface area contributed by atoms with Gasteiger partial charge >= 0.3 is 0 Å². The van der Waals surface area contributed by atoms with E-state index in [-0.39, 0.29) is 5.91 Å². The first kappa shape index (κ1) is 11.7. The third-order valence-corrected chi connectivity index (χ3v) is 2.86. The number of carbonyl (C=O) groups is 1. The lowest BCUT2D eigenvalue weighted by molar-refractivity contribution is -0.118. The van der Waals surface area contributed by atoms with Crippen LogP contribution in [0.5, 0.6) is 0 Å². The highest BCUT2D eigenvalue weighted by atomic mass is 16.2. The average molecular weight is 230 g/mol. The maximum atomic E-state index is 11.8. The van der Waals surface area contributed by atoms with Gasteiger partial charge in [-0.05, 0) is 25.3 Å². The van der Waals surface area contributed by atoms with Crippen LogP contribution in [0.2, 0.25) is 0 Å². The van der Waals surface area contributed by atoms with Crippen LogP contribution in [0.15, 0.2) is 36.0 Å². The molecule has 1 aromatic rings. The molecule has 0 aromatic heterocycles. The first-order valence-corrected chi connectivity index (χ1v) is 6.03. The first-order chi connectivity index (χ1) is 8.25. The molecule has 1 aliphatic heterocycles. The zero-order valence-corrected chi connectivity index (χ0v) is 10.1. The predicted octanol–water partition coefficient (Wildman–Crippen LogP) is 1.88. The van der Waals surface area contributed by atoms with Crippen LogP contribution in [0.25, 0.3) is 0 Å². The van der Waals surface area contributed by atoms with Gasteiger partial charge in [0.05, 0.1) is 5.70 Å². The van der Waals surface area contributed by atoms with E-state index in [1.807, 2.05) is 18.2 Å². The third kappa shape index (κ3) is 3.34. The number of hydrogen-bond donors (Lipinski definition) is 2. The van der Waals surface area contributed by atoms with Crippen molar-refractivity contribution in [1.82, 2.24) is 10.6 Å². The fourth-order valence-electron chi connectivity index (χ4n) is 1.80. The van der Waals surface area contributed by atoms with Crippen LogP contribution in [0.4, 0.5) is 0 Å². The van der Waals surface area contributed by atoms with Crippen molar-refractivity contribution in [1.29, 1.82) is 0 Å². The highest BCUT2D eigenvalue weighted by Gasteiger charge is 2.10. The van der Waals surface area contributed by atoms with Gasteiger partial charge in [-0.3, -0.25) is 4.79 Å². The van der Waals surface area contributed by atoms with E-state index in [4.69, 9.17) is 0 Å². The quantitative estimate of drug-likeness (QED) is 0.832. The number of aryl methyl sites for hydroxylation is 1. The molecule has 90 valence electrons. The molecule has 0 radical (unpaired) electrons. The van der Waals surface area contributed by atoms with E-state index < -0.39 is 0 Å². The van der Waals surface area contributed by atoms with Gasteiger partial charge in [-0.25, -0.2) is 0 Å². The lowest BCUT2D eigenvalue weighted by Crippen LogP contribution is -2.33. The molecule has 0 spiro atoms. The van der Waals surface area contributed by atoms with Crippen molar-refractivity contribution in [2.75, 3.05) is 6.54 Å². The smallest absolute Gasteiger partial charge is 0.267 e. The van der Waals surface area contributed by atoms with Crippen molar-refractivity contribution in [3.63, 3.8) is 0 Å². The molecule has 0 fully saturated rings. The fraction of sp³-hybridized carbons (Fsp3) is 0.357. The standard InChI is InChI=1S/C14H18N2O/c1-11-5-7-12(8-6-11)10-16-14(17)13-4-2-3-9-15-13/h4-8,15H,2-3,9-10H2,1H3,(H,16,17). The minimum atomic E-state index is -0.00900. The highest BCUT2D eigenvalue weighted by molar-refractivity contribution is 5.92. The molecule has 2 rings (SSSR count). The molecule has 0 aliphatic carbocycles. The molecular formula is C14H18N2O. The highest BCUT2D eigenvalue weighted by Crippen LogP contribution is 2.05. The molecule has 0 saturated carbocycles. The molecule has 0 saturated heterocycles. The van der Waals surface area contributed by atoms with Gasteiger partial charge in [0.2, 0.25) is 0 Å². The normalized spacial score (nSPS) is 14.8.